The number of hydrogen-bond donors (Lipinski definition) is 1. The van der Waals surface area contributed by atoms with E-state index in [0.29, 0.717) is 10.9 Å². The molecule has 1 aromatic carbocycles. The topological polar surface area (TPSA) is 47.6 Å². The van der Waals surface area contributed by atoms with Gasteiger partial charge < -0.3 is 10.6 Å². The van der Waals surface area contributed by atoms with Crippen molar-refractivity contribution in [3.63, 3.8) is 0 Å². The molecule has 0 aromatic heterocycles. The maximum absolute atomic E-state index is 12.9. The molecule has 2 rings (SSSR count). The average Bonchev–Trinajstić information content (AvgIpc) is 2.99. The maximum Gasteiger partial charge on any atom is 0.150 e. The summed E-state index contributed by atoms with van der Waals surface area (Å²) in [6.45, 7) is 0. The Balaban J connectivity index is 2.41. The Kier molecular flexibility index (Phi) is 2.76. The summed E-state index contributed by atoms with van der Waals surface area (Å²) in [4.78, 5) is 4.66. The van der Waals surface area contributed by atoms with Gasteiger partial charge in [-0.1, -0.05) is 22.8 Å². The lowest BCUT2D eigenvalue weighted by atomic mass is 9.95. The van der Waals surface area contributed by atoms with E-state index in [0.717, 1.165) is 18.4 Å². The summed E-state index contributed by atoms with van der Waals surface area (Å²) in [6.07, 6.45) is 1.72. The van der Waals surface area contributed by atoms with E-state index in [9.17, 15) is 4.39 Å². The Morgan fingerprint density at radius 3 is 2.75 bits per heavy atom. The first-order chi connectivity index (χ1) is 7.60. The molecular weight excluding hydrogens is 231 g/mol. The van der Waals surface area contributed by atoms with E-state index in [4.69, 9.17) is 17.3 Å². The molecule has 3 nitrogen and oxygen atoms in total. The SMILES string of the molecule is CO/N=C(\N)C1(c2ccc(F)cc2Cl)CC1. The Morgan fingerprint density at radius 2 is 2.25 bits per heavy atom. The first kappa shape index (κ1) is 11.2. The Hall–Kier alpha value is -1.29. The number of rotatable bonds is 3. The van der Waals surface area contributed by atoms with Crippen LogP contribution in [-0.2, 0) is 10.3 Å². The number of benzene rings is 1. The molecule has 0 bridgehead atoms. The highest BCUT2D eigenvalue weighted by Gasteiger charge is 2.50. The fraction of sp³-hybridized carbons (Fsp3) is 0.364. The van der Waals surface area contributed by atoms with E-state index in [2.05, 4.69) is 9.99 Å². The lowest BCUT2D eigenvalue weighted by Gasteiger charge is -2.15. The monoisotopic (exact) mass is 242 g/mol. The van der Waals surface area contributed by atoms with E-state index in [1.807, 2.05) is 0 Å². The molecule has 1 aromatic rings. The van der Waals surface area contributed by atoms with Gasteiger partial charge in [-0.15, -0.1) is 0 Å². The second-order valence-corrected chi connectivity index (χ2v) is 4.27. The summed E-state index contributed by atoms with van der Waals surface area (Å²) >= 11 is 6.01. The summed E-state index contributed by atoms with van der Waals surface area (Å²) in [6, 6.07) is 4.32. The molecule has 0 aliphatic heterocycles. The maximum atomic E-state index is 12.9. The zero-order valence-corrected chi connectivity index (χ0v) is 9.59. The van der Waals surface area contributed by atoms with Gasteiger partial charge in [0.15, 0.2) is 0 Å². The van der Waals surface area contributed by atoms with Crippen LogP contribution in [0.25, 0.3) is 0 Å². The number of amidine groups is 1. The van der Waals surface area contributed by atoms with Crippen LogP contribution in [0, 0.1) is 5.82 Å². The van der Waals surface area contributed by atoms with E-state index in [1.165, 1.54) is 19.2 Å². The Labute approximate surface area is 98.0 Å². The predicted octanol–water partition coefficient (Wildman–Crippen LogP) is 2.43. The lowest BCUT2D eigenvalue weighted by molar-refractivity contribution is 0.211. The number of oxime groups is 1. The van der Waals surface area contributed by atoms with Gasteiger partial charge >= 0.3 is 0 Å². The van der Waals surface area contributed by atoms with E-state index in [-0.39, 0.29) is 11.2 Å². The molecule has 1 fully saturated rings. The molecule has 2 N–H and O–H groups in total. The minimum atomic E-state index is -0.360. The molecule has 86 valence electrons. The van der Waals surface area contributed by atoms with Gasteiger partial charge in [-0.2, -0.15) is 0 Å². The minimum Gasteiger partial charge on any atom is -0.398 e. The number of halogens is 2. The molecule has 0 unspecified atom stereocenters. The quantitative estimate of drug-likeness (QED) is 0.503. The Bertz CT molecular complexity index is 444. The van der Waals surface area contributed by atoms with Gasteiger partial charge in [0.05, 0.1) is 5.41 Å². The first-order valence-corrected chi connectivity index (χ1v) is 5.30. The zero-order valence-electron chi connectivity index (χ0n) is 8.84. The molecule has 0 radical (unpaired) electrons. The number of nitrogens with two attached hydrogens (primary N) is 1. The average molecular weight is 243 g/mol. The molecule has 0 spiro atoms. The third kappa shape index (κ3) is 1.73. The van der Waals surface area contributed by atoms with Crippen molar-refractivity contribution in [2.45, 2.75) is 18.3 Å². The van der Waals surface area contributed by atoms with Crippen molar-refractivity contribution >= 4 is 17.4 Å². The summed E-state index contributed by atoms with van der Waals surface area (Å²) in [7, 11) is 1.44. The predicted molar refractivity (Wildman–Crippen MR) is 61.0 cm³/mol. The summed E-state index contributed by atoms with van der Waals surface area (Å²) in [5.74, 6) is 0.0373. The van der Waals surface area contributed by atoms with Crippen molar-refractivity contribution < 1.29 is 9.23 Å². The van der Waals surface area contributed by atoms with Gasteiger partial charge in [0.25, 0.3) is 0 Å². The number of hydrogen-bond acceptors (Lipinski definition) is 2. The van der Waals surface area contributed by atoms with Crippen LogP contribution in [0.3, 0.4) is 0 Å². The van der Waals surface area contributed by atoms with Crippen molar-refractivity contribution in [3.05, 3.63) is 34.6 Å². The van der Waals surface area contributed by atoms with Crippen LogP contribution in [0.2, 0.25) is 5.02 Å². The third-order valence-corrected chi connectivity index (χ3v) is 3.19. The van der Waals surface area contributed by atoms with E-state index >= 15 is 0 Å². The molecule has 5 heteroatoms. The highest BCUT2D eigenvalue weighted by molar-refractivity contribution is 6.32. The van der Waals surface area contributed by atoms with Gasteiger partial charge in [0.2, 0.25) is 0 Å². The van der Waals surface area contributed by atoms with Crippen molar-refractivity contribution in [2.24, 2.45) is 10.9 Å². The van der Waals surface area contributed by atoms with Crippen LogP contribution >= 0.6 is 11.6 Å². The smallest absolute Gasteiger partial charge is 0.150 e. The normalized spacial score (nSPS) is 18.3. The first-order valence-electron chi connectivity index (χ1n) is 4.93. The second-order valence-electron chi connectivity index (χ2n) is 3.87. The van der Waals surface area contributed by atoms with Gasteiger partial charge in [0.1, 0.15) is 18.8 Å². The molecule has 1 aliphatic carbocycles. The van der Waals surface area contributed by atoms with Crippen LogP contribution < -0.4 is 5.73 Å². The molecule has 0 amide bonds. The second kappa shape index (κ2) is 3.94. The van der Waals surface area contributed by atoms with E-state index < -0.39 is 0 Å². The van der Waals surface area contributed by atoms with Crippen LogP contribution in [0.5, 0.6) is 0 Å². The van der Waals surface area contributed by atoms with Crippen molar-refractivity contribution in [1.82, 2.24) is 0 Å². The molecular formula is C11H12ClFN2O. The standard InChI is InChI=1S/C11H12ClFN2O/c1-16-15-10(14)11(4-5-11)8-3-2-7(13)6-9(8)12/h2-3,6H,4-5H2,1H3,(H2,14,15). The summed E-state index contributed by atoms with van der Waals surface area (Å²) in [5, 5.41) is 4.12. The summed E-state index contributed by atoms with van der Waals surface area (Å²) < 4.78 is 12.9. The molecule has 0 saturated heterocycles. The number of nitrogens with zero attached hydrogens (tertiary/aromatic N) is 1. The molecule has 1 aliphatic rings. The van der Waals surface area contributed by atoms with Crippen molar-refractivity contribution in [1.29, 1.82) is 0 Å². The summed E-state index contributed by atoms with van der Waals surface area (Å²) in [5.41, 5.74) is 6.29. The fourth-order valence-electron chi connectivity index (χ4n) is 1.85. The highest BCUT2D eigenvalue weighted by Crippen LogP contribution is 2.50. The molecule has 0 atom stereocenters. The third-order valence-electron chi connectivity index (χ3n) is 2.88. The van der Waals surface area contributed by atoms with Crippen LogP contribution in [-0.4, -0.2) is 12.9 Å². The van der Waals surface area contributed by atoms with Gasteiger partial charge in [0, 0.05) is 5.02 Å². The van der Waals surface area contributed by atoms with Crippen molar-refractivity contribution in [2.75, 3.05) is 7.11 Å². The van der Waals surface area contributed by atoms with Gasteiger partial charge in [-0.3, -0.25) is 0 Å². The van der Waals surface area contributed by atoms with Gasteiger partial charge in [-0.05, 0) is 30.5 Å². The lowest BCUT2D eigenvalue weighted by Crippen LogP contribution is -2.29. The zero-order chi connectivity index (χ0) is 11.8. The highest BCUT2D eigenvalue weighted by atomic mass is 35.5. The van der Waals surface area contributed by atoms with Crippen LogP contribution in [0.1, 0.15) is 18.4 Å². The molecule has 16 heavy (non-hydrogen) atoms. The minimum absolute atomic E-state index is 0.355. The molecule has 1 saturated carbocycles. The van der Waals surface area contributed by atoms with Gasteiger partial charge in [-0.25, -0.2) is 4.39 Å². The van der Waals surface area contributed by atoms with Crippen LogP contribution in [0.4, 0.5) is 4.39 Å². The Morgan fingerprint density at radius 1 is 1.56 bits per heavy atom. The van der Waals surface area contributed by atoms with Crippen molar-refractivity contribution in [3.8, 4) is 0 Å². The largest absolute Gasteiger partial charge is 0.398 e. The van der Waals surface area contributed by atoms with E-state index in [1.54, 1.807) is 6.07 Å². The molecule has 0 heterocycles. The van der Waals surface area contributed by atoms with Crippen LogP contribution in [0.15, 0.2) is 23.4 Å². The fourth-order valence-corrected chi connectivity index (χ4v) is 2.20.